The van der Waals surface area contributed by atoms with Gasteiger partial charge in [-0.3, -0.25) is 0 Å². The molecule has 10 heteroatoms. The molecule has 0 bridgehead atoms. The molecule has 0 nitrogen and oxygen atoms in total. The van der Waals surface area contributed by atoms with E-state index in [1.807, 2.05) is 43.3 Å². The average molecular weight is 699 g/mol. The normalized spacial score (nSPS) is 16.9. The summed E-state index contributed by atoms with van der Waals surface area (Å²) >= 11 is -4.30. The monoisotopic (exact) mass is 696 g/mol. The van der Waals surface area contributed by atoms with Crippen LogP contribution in [0.25, 0.3) is 28.3 Å². The van der Waals surface area contributed by atoms with Crippen LogP contribution in [-0.2, 0) is 30.2 Å². The van der Waals surface area contributed by atoms with Crippen LogP contribution in [0.3, 0.4) is 0 Å². The third-order valence-corrected chi connectivity index (χ3v) is 22.6. The number of alkyl halides is 6. The second-order valence-corrected chi connectivity index (χ2v) is 26.5. The Bertz CT molecular complexity index is 1720. The Labute approximate surface area is 247 Å². The van der Waals surface area contributed by atoms with Gasteiger partial charge in [0, 0.05) is 0 Å². The number of benzene rings is 4. The fraction of sp³-hybridized carbons (Fsp3) is 0.161. The zero-order valence-corrected chi connectivity index (χ0v) is 27.2. The summed E-state index contributed by atoms with van der Waals surface area (Å²) in [4.78, 5) is 0. The number of fused-ring (bicyclic) bond motifs is 4. The van der Waals surface area contributed by atoms with Crippen molar-refractivity contribution in [2.24, 2.45) is 0 Å². The Balaban J connectivity index is 1.51. The van der Waals surface area contributed by atoms with Gasteiger partial charge in [-0.25, -0.2) is 0 Å². The van der Waals surface area contributed by atoms with Crippen LogP contribution in [-0.4, -0.2) is 9.52 Å². The van der Waals surface area contributed by atoms with E-state index in [4.69, 9.17) is 17.0 Å². The zero-order valence-electron chi connectivity index (χ0n) is 21.8. The zero-order chi connectivity index (χ0) is 29.5. The van der Waals surface area contributed by atoms with Crippen LogP contribution in [0.2, 0.25) is 0 Å². The predicted molar refractivity (Wildman–Crippen MR) is 154 cm³/mol. The number of rotatable bonds is 3. The van der Waals surface area contributed by atoms with E-state index in [2.05, 4.69) is 18.2 Å². The Morgan fingerprint density at radius 1 is 0.756 bits per heavy atom. The molecule has 0 radical (unpaired) electrons. The number of hydrogen-bond donors (Lipinski definition) is 0. The molecule has 0 N–H and O–H groups in total. The van der Waals surface area contributed by atoms with Gasteiger partial charge in [0.1, 0.15) is 0 Å². The fourth-order valence-corrected chi connectivity index (χ4v) is 23.4. The van der Waals surface area contributed by atoms with Gasteiger partial charge in [-0.05, 0) is 0 Å². The summed E-state index contributed by atoms with van der Waals surface area (Å²) in [5.41, 5.74) is 2.62. The van der Waals surface area contributed by atoms with Gasteiger partial charge >= 0.3 is 249 Å². The van der Waals surface area contributed by atoms with Crippen molar-refractivity contribution in [3.63, 3.8) is 0 Å². The van der Waals surface area contributed by atoms with Crippen molar-refractivity contribution < 1.29 is 44.2 Å². The molecule has 0 amide bonds. The summed E-state index contributed by atoms with van der Waals surface area (Å²) in [6.07, 6.45) is -8.05. The van der Waals surface area contributed by atoms with E-state index in [0.29, 0.717) is 16.7 Å². The molecule has 1 heterocycles. The number of halogens is 8. The molecule has 41 heavy (non-hydrogen) atoms. The molecule has 4 aromatic rings. The molecular weight excluding hydrogens is 677 g/mol. The van der Waals surface area contributed by atoms with Gasteiger partial charge in [0.05, 0.1) is 0 Å². The summed E-state index contributed by atoms with van der Waals surface area (Å²) in [6.45, 7) is 3.58. The van der Waals surface area contributed by atoms with Gasteiger partial charge in [0.15, 0.2) is 0 Å². The first-order valence-corrected chi connectivity index (χ1v) is 23.3. The standard InChI is InChI=1S/C19H13F6.C12H9Si.2ClH.Zr/c1-10-5-12-4-3-11(2)17(16(12)6-10)13-7-14(18(20,21)22)9-15(8-13)19(23,24)25;1-3-7-11-9(5-1)10-6-2-4-8-12(10)13-11;;;/h3-9H,1-2H3;1-7H,13H2;2*1H;/q;;;;+2/p-2. The molecule has 4 aromatic carbocycles. The van der Waals surface area contributed by atoms with Crippen molar-refractivity contribution >= 4 is 46.3 Å². The Hall–Kier alpha value is -2.12. The van der Waals surface area contributed by atoms with E-state index in [-0.39, 0.29) is 15.3 Å². The summed E-state index contributed by atoms with van der Waals surface area (Å²) in [5.74, 6) is 0. The molecule has 1 aliphatic carbocycles. The molecule has 6 rings (SSSR count). The van der Waals surface area contributed by atoms with Crippen LogP contribution in [0.4, 0.5) is 26.3 Å². The maximum absolute atomic E-state index is 13.7. The first kappa shape index (κ1) is 29.0. The van der Waals surface area contributed by atoms with Crippen molar-refractivity contribution in [3.05, 3.63) is 106 Å². The van der Waals surface area contributed by atoms with E-state index in [9.17, 15) is 26.3 Å². The molecular formula is C31H22Cl2F6SiZr. The van der Waals surface area contributed by atoms with Crippen molar-refractivity contribution in [1.82, 2.24) is 0 Å². The first-order valence-electron chi connectivity index (χ1n) is 12.9. The Morgan fingerprint density at radius 2 is 1.39 bits per heavy atom. The molecule has 0 saturated carbocycles. The maximum atomic E-state index is 13.7. The predicted octanol–water partition coefficient (Wildman–Crippen LogP) is 8.04. The summed E-state index contributed by atoms with van der Waals surface area (Å²) in [7, 11) is 14.1. The van der Waals surface area contributed by atoms with E-state index in [0.717, 1.165) is 32.1 Å². The van der Waals surface area contributed by atoms with E-state index in [1.165, 1.54) is 15.9 Å². The van der Waals surface area contributed by atoms with Crippen LogP contribution in [0.15, 0.2) is 78.4 Å². The van der Waals surface area contributed by atoms with Crippen LogP contribution < -0.4 is 13.6 Å². The van der Waals surface area contributed by atoms with Gasteiger partial charge in [0.25, 0.3) is 0 Å². The van der Waals surface area contributed by atoms with Crippen molar-refractivity contribution in [2.75, 3.05) is 0 Å². The van der Waals surface area contributed by atoms with E-state index >= 15 is 0 Å². The van der Waals surface area contributed by atoms with Crippen molar-refractivity contribution in [3.8, 4) is 22.3 Å². The molecule has 1 unspecified atom stereocenters. The van der Waals surface area contributed by atoms with Gasteiger partial charge in [-0.1, -0.05) is 0 Å². The molecule has 1 atom stereocenters. The van der Waals surface area contributed by atoms with Crippen LogP contribution in [0.1, 0.15) is 38.4 Å². The number of allylic oxidation sites excluding steroid dienone is 1. The van der Waals surface area contributed by atoms with Gasteiger partial charge in [-0.2, -0.15) is 0 Å². The van der Waals surface area contributed by atoms with Gasteiger partial charge < -0.3 is 0 Å². The fourth-order valence-electron chi connectivity index (χ4n) is 6.30. The second-order valence-electron chi connectivity index (χ2n) is 10.7. The summed E-state index contributed by atoms with van der Waals surface area (Å²) in [5, 5.41) is 2.56. The molecule has 0 fully saturated rings. The van der Waals surface area contributed by atoms with Crippen molar-refractivity contribution in [2.45, 2.75) is 29.8 Å². The summed E-state index contributed by atoms with van der Waals surface area (Å²) in [6, 6.07) is 19.7. The molecule has 0 spiro atoms. The second kappa shape index (κ2) is 9.97. The molecule has 0 saturated heterocycles. The van der Waals surface area contributed by atoms with E-state index < -0.39 is 50.9 Å². The average Bonchev–Trinajstić information content (AvgIpc) is 3.44. The molecule has 210 valence electrons. The SMILES string of the molecule is CC1=Cc2c(ccc(C)c2-c2cc(C(F)(F)F)cc(C(F)(F)F)c2)[CH]1[Zr]([Cl])([Cl])[c]1cccc2c1[SiH2]c1ccccc1-2. The first-order chi connectivity index (χ1) is 19.2. The topological polar surface area (TPSA) is 0 Å². The molecule has 1 aliphatic heterocycles. The van der Waals surface area contributed by atoms with Gasteiger partial charge in [0.2, 0.25) is 0 Å². The molecule has 0 aromatic heterocycles. The van der Waals surface area contributed by atoms with Gasteiger partial charge in [-0.15, -0.1) is 0 Å². The van der Waals surface area contributed by atoms with E-state index in [1.54, 1.807) is 13.0 Å². The van der Waals surface area contributed by atoms with Crippen LogP contribution in [0.5, 0.6) is 0 Å². The third-order valence-electron chi connectivity index (χ3n) is 8.07. The number of aryl methyl sites for hydroxylation is 1. The Kier molecular flexibility index (Phi) is 7.05. The number of hydrogen-bond acceptors (Lipinski definition) is 0. The summed E-state index contributed by atoms with van der Waals surface area (Å²) < 4.78 is 82.8. The minimum absolute atomic E-state index is 0.139. The van der Waals surface area contributed by atoms with Crippen molar-refractivity contribution in [1.29, 1.82) is 0 Å². The van der Waals surface area contributed by atoms with Crippen LogP contribution >= 0.6 is 17.0 Å². The Morgan fingerprint density at radius 3 is 2.05 bits per heavy atom. The quantitative estimate of drug-likeness (QED) is 0.132. The van der Waals surface area contributed by atoms with Crippen LogP contribution in [0, 0.1) is 6.92 Å². The third kappa shape index (κ3) is 4.89. The minimum atomic E-state index is -4.94. The molecule has 2 aliphatic rings.